The fourth-order valence-corrected chi connectivity index (χ4v) is 10.4. The maximum Gasteiger partial charge on any atom is 0.256 e. The van der Waals surface area contributed by atoms with Crippen LogP contribution in [0.1, 0.15) is 61.1 Å². The third-order valence-corrected chi connectivity index (χ3v) is 15.1. The lowest BCUT2D eigenvalue weighted by Crippen LogP contribution is -2.34. The summed E-state index contributed by atoms with van der Waals surface area (Å²) in [5, 5.41) is 0. The van der Waals surface area contributed by atoms with Gasteiger partial charge in [-0.15, -0.1) is 0 Å². The van der Waals surface area contributed by atoms with Crippen LogP contribution in [0.3, 0.4) is 0 Å². The van der Waals surface area contributed by atoms with Crippen molar-refractivity contribution in [2.75, 3.05) is 180 Å². The predicted molar refractivity (Wildman–Crippen MR) is 351 cm³/mol. The number of ether oxygens (including phenoxy) is 14. The van der Waals surface area contributed by atoms with Crippen molar-refractivity contribution in [2.45, 2.75) is 51.0 Å². The zero-order valence-corrected chi connectivity index (χ0v) is 54.8. The molecule has 0 heterocycles. The van der Waals surface area contributed by atoms with Gasteiger partial charge in [-0.05, 0) is 61.1 Å². The van der Waals surface area contributed by atoms with Crippen LogP contribution in [-0.4, -0.2) is 202 Å². The fraction of sp³-hybridized carbons (Fsp3) is 0.493. The van der Waals surface area contributed by atoms with Crippen molar-refractivity contribution in [3.8, 4) is 0 Å². The van der Waals surface area contributed by atoms with E-state index in [1.54, 1.807) is 14.2 Å². The highest BCUT2D eigenvalue weighted by Crippen LogP contribution is 2.42. The molecule has 1 atom stereocenters. The lowest BCUT2D eigenvalue weighted by Gasteiger charge is -2.36. The van der Waals surface area contributed by atoms with Crippen LogP contribution in [0.2, 0.25) is 0 Å². The topological polar surface area (TPSA) is 162 Å². The van der Waals surface area contributed by atoms with Gasteiger partial charge < -0.3 is 75.7 Å². The molecule has 0 fully saturated rings. The molecule has 1 N–H and O–H groups in total. The maximum absolute atomic E-state index is 9.43. The van der Waals surface area contributed by atoms with Crippen molar-refractivity contribution < 1.29 is 75.7 Å². The van der Waals surface area contributed by atoms with Gasteiger partial charge in [0.05, 0.1) is 159 Å². The van der Waals surface area contributed by atoms with Crippen LogP contribution in [-0.2, 0) is 82.0 Å². The number of hydrogen-bond donors (Lipinski definition) is 1. The van der Waals surface area contributed by atoms with Crippen molar-refractivity contribution >= 4 is 8.53 Å². The van der Waals surface area contributed by atoms with Gasteiger partial charge in [0, 0.05) is 33.4 Å². The Balaban J connectivity index is 0.000000325. The summed E-state index contributed by atoms with van der Waals surface area (Å²) in [6.07, 6.45) is 0. The van der Waals surface area contributed by atoms with Crippen molar-refractivity contribution in [3.05, 3.63) is 215 Å². The summed E-state index contributed by atoms with van der Waals surface area (Å²) < 4.78 is 85.5. The Hall–Kier alpha value is -4.93. The van der Waals surface area contributed by atoms with Gasteiger partial charge in [0.2, 0.25) is 0 Å². The quantitative estimate of drug-likeness (QED) is 0.0218. The van der Waals surface area contributed by atoms with Crippen LogP contribution in [0.15, 0.2) is 182 Å². The second kappa shape index (κ2) is 49.7. The molecule has 0 aliphatic carbocycles. The minimum atomic E-state index is -1.39. The molecule has 0 aliphatic rings. The lowest BCUT2D eigenvalue weighted by atomic mass is 9.80. The molecule has 492 valence electrons. The molecule has 0 bridgehead atoms. The van der Waals surface area contributed by atoms with E-state index in [2.05, 4.69) is 72.8 Å². The van der Waals surface area contributed by atoms with E-state index in [1.165, 1.54) is 7.11 Å². The van der Waals surface area contributed by atoms with E-state index in [4.69, 9.17) is 70.8 Å². The van der Waals surface area contributed by atoms with Crippen molar-refractivity contribution in [2.24, 2.45) is 0 Å². The fourth-order valence-electron chi connectivity index (χ4n) is 9.38. The predicted octanol–water partition coefficient (Wildman–Crippen LogP) is 11.4. The van der Waals surface area contributed by atoms with E-state index >= 15 is 0 Å². The molecule has 0 saturated heterocycles. The first-order valence-electron chi connectivity index (χ1n) is 30.9. The van der Waals surface area contributed by atoms with E-state index in [9.17, 15) is 4.89 Å². The van der Waals surface area contributed by atoms with E-state index in [0.717, 1.165) is 33.4 Å². The third-order valence-electron chi connectivity index (χ3n) is 13.4. The molecule has 0 spiro atoms. The van der Waals surface area contributed by atoms with E-state index < -0.39 is 19.7 Å². The van der Waals surface area contributed by atoms with E-state index in [-0.39, 0.29) is 0 Å². The second-order valence-electron chi connectivity index (χ2n) is 20.4. The zero-order valence-electron chi connectivity index (χ0n) is 53.9. The Morgan fingerprint density at radius 1 is 0.281 bits per heavy atom. The molecule has 89 heavy (non-hydrogen) atoms. The summed E-state index contributed by atoms with van der Waals surface area (Å²) in [6.45, 7) is 20.7. The first-order chi connectivity index (χ1) is 43.8. The van der Waals surface area contributed by atoms with Gasteiger partial charge in [-0.1, -0.05) is 182 Å². The highest BCUT2D eigenvalue weighted by atomic mass is 31.2. The zero-order chi connectivity index (χ0) is 63.6. The van der Waals surface area contributed by atoms with Gasteiger partial charge in [-0.3, -0.25) is 0 Å². The summed E-state index contributed by atoms with van der Waals surface area (Å²) in [6, 6.07) is 62.7. The standard InChI is InChI=1S/2C32H42O7.C7H18NO2P/c2*1-33-17-18-34-19-20-35-21-22-36-23-24-37-25-26-38-27-28-39-32(29-11-5-2-6-12-29,30-13-7-3-8-14-30)31-15-9-4-10-16-31;1-6(2)8(7(3)4)11(9)10-5/h2*2-16H,17-28H2,1H3;6-7,9H,1-5H3. The summed E-state index contributed by atoms with van der Waals surface area (Å²) in [7, 11) is 3.45. The molecular weight excluding hydrogens is 1150 g/mol. The Morgan fingerprint density at radius 2 is 0.449 bits per heavy atom. The molecule has 0 amide bonds. The molecule has 17 nitrogen and oxygen atoms in total. The van der Waals surface area contributed by atoms with Crippen LogP contribution >= 0.6 is 8.53 Å². The monoisotopic (exact) mass is 1260 g/mol. The number of benzene rings is 6. The van der Waals surface area contributed by atoms with Crippen molar-refractivity contribution in [1.29, 1.82) is 0 Å². The molecule has 0 saturated carbocycles. The summed E-state index contributed by atoms with van der Waals surface area (Å²) in [5.74, 6) is 0. The molecule has 6 aromatic rings. The minimum absolute atomic E-state index is 0.325. The van der Waals surface area contributed by atoms with Gasteiger partial charge in [-0.25, -0.2) is 4.67 Å². The van der Waals surface area contributed by atoms with Crippen LogP contribution in [0.4, 0.5) is 0 Å². The van der Waals surface area contributed by atoms with E-state index in [0.29, 0.717) is 171 Å². The normalized spacial score (nSPS) is 12.0. The SMILES string of the molecule is COCCOCCOCCOCCOCCOCCOC(c1ccccc1)(c1ccccc1)c1ccccc1.COCCOCCOCCOCCOCCOCCOC(c1ccccc1)(c1ccccc1)c1ccccc1.COP(O)N(C(C)C)C(C)C. The Kier molecular flexibility index (Phi) is 42.8. The number of methoxy groups -OCH3 is 2. The third kappa shape index (κ3) is 29.9. The smallest absolute Gasteiger partial charge is 0.256 e. The van der Waals surface area contributed by atoms with Gasteiger partial charge >= 0.3 is 0 Å². The van der Waals surface area contributed by atoms with Gasteiger partial charge in [0.25, 0.3) is 8.53 Å². The maximum atomic E-state index is 9.43. The molecule has 18 heteroatoms. The van der Waals surface area contributed by atoms with Crippen molar-refractivity contribution in [1.82, 2.24) is 4.67 Å². The molecule has 0 radical (unpaired) electrons. The second-order valence-corrected chi connectivity index (χ2v) is 21.7. The first kappa shape index (κ1) is 76.5. The van der Waals surface area contributed by atoms with Gasteiger partial charge in [0.15, 0.2) is 0 Å². The molecule has 1 unspecified atom stereocenters. The van der Waals surface area contributed by atoms with Gasteiger partial charge in [0.1, 0.15) is 11.2 Å². The highest BCUT2D eigenvalue weighted by molar-refractivity contribution is 7.43. The Bertz CT molecular complexity index is 2150. The van der Waals surface area contributed by atoms with Crippen LogP contribution in [0.25, 0.3) is 0 Å². The molecule has 0 aromatic heterocycles. The summed E-state index contributed by atoms with van der Waals surface area (Å²) >= 11 is 0. The first-order valence-corrected chi connectivity index (χ1v) is 32.1. The number of hydrogen-bond acceptors (Lipinski definition) is 17. The van der Waals surface area contributed by atoms with Crippen LogP contribution < -0.4 is 0 Å². The average Bonchev–Trinajstić information content (AvgIpc) is 1.18. The van der Waals surface area contributed by atoms with Crippen molar-refractivity contribution in [3.63, 3.8) is 0 Å². The van der Waals surface area contributed by atoms with Crippen LogP contribution in [0, 0.1) is 0 Å². The largest absolute Gasteiger partial charge is 0.382 e. The average molecular weight is 1260 g/mol. The van der Waals surface area contributed by atoms with Gasteiger partial charge in [-0.2, -0.15) is 0 Å². The molecule has 6 aromatic carbocycles. The summed E-state index contributed by atoms with van der Waals surface area (Å²) in [5.41, 5.74) is 4.98. The highest BCUT2D eigenvalue weighted by Gasteiger charge is 2.38. The van der Waals surface area contributed by atoms with Crippen LogP contribution in [0.5, 0.6) is 0 Å². The Labute approximate surface area is 532 Å². The number of rotatable bonds is 48. The lowest BCUT2D eigenvalue weighted by molar-refractivity contribution is -0.0394. The minimum Gasteiger partial charge on any atom is -0.382 e. The van der Waals surface area contributed by atoms with E-state index in [1.807, 2.05) is 142 Å². The Morgan fingerprint density at radius 3 is 0.596 bits per heavy atom. The molecule has 0 aliphatic heterocycles. The summed E-state index contributed by atoms with van der Waals surface area (Å²) in [4.78, 5) is 9.43. The molecule has 6 rings (SSSR count). The molecular formula is C71H102NO16P. The number of nitrogens with zero attached hydrogens (tertiary/aromatic N) is 1.